The van der Waals surface area contributed by atoms with Gasteiger partial charge in [0, 0.05) is 3.57 Å². The molecule has 2 rings (SSSR count). The third-order valence-electron chi connectivity index (χ3n) is 2.94. The van der Waals surface area contributed by atoms with Gasteiger partial charge in [-0.15, -0.1) is 0 Å². The van der Waals surface area contributed by atoms with E-state index in [9.17, 15) is 5.11 Å². The summed E-state index contributed by atoms with van der Waals surface area (Å²) >= 11 is 2.29. The molecule has 0 aromatic heterocycles. The Labute approximate surface area is 122 Å². The minimum Gasteiger partial charge on any atom is -0.392 e. The third kappa shape index (κ3) is 4.10. The predicted octanol–water partition coefficient (Wildman–Crippen LogP) is 3.75. The van der Waals surface area contributed by atoms with Crippen molar-refractivity contribution in [3.63, 3.8) is 0 Å². The summed E-state index contributed by atoms with van der Waals surface area (Å²) in [5, 5.41) is 10.1. The zero-order chi connectivity index (χ0) is 13.0. The van der Waals surface area contributed by atoms with Crippen molar-refractivity contribution in [3.05, 3.63) is 68.8 Å². The fraction of sp³-hybridized carbons (Fsp3) is 0.250. The number of aryl methyl sites for hydroxylation is 1. The van der Waals surface area contributed by atoms with Gasteiger partial charge in [0.05, 0.1) is 6.10 Å². The van der Waals surface area contributed by atoms with Gasteiger partial charge in [-0.3, -0.25) is 0 Å². The lowest BCUT2D eigenvalue weighted by molar-refractivity contribution is 0.175. The molecule has 0 radical (unpaired) electrons. The van der Waals surface area contributed by atoms with Crippen LogP contribution in [0.1, 0.15) is 16.7 Å². The Morgan fingerprint density at radius 3 is 2.33 bits per heavy atom. The second-order valence-electron chi connectivity index (χ2n) is 4.68. The molecule has 0 fully saturated rings. The summed E-state index contributed by atoms with van der Waals surface area (Å²) in [6.07, 6.45) is 1.12. The molecule has 0 bridgehead atoms. The monoisotopic (exact) mass is 352 g/mol. The van der Waals surface area contributed by atoms with Crippen LogP contribution in [-0.2, 0) is 12.8 Å². The molecule has 2 aromatic carbocycles. The number of rotatable bonds is 4. The molecule has 18 heavy (non-hydrogen) atoms. The minimum absolute atomic E-state index is 0.313. The van der Waals surface area contributed by atoms with Crippen LogP contribution < -0.4 is 0 Å². The Hall–Kier alpha value is -0.870. The molecule has 2 aromatic rings. The molecule has 0 amide bonds. The zero-order valence-electron chi connectivity index (χ0n) is 10.4. The van der Waals surface area contributed by atoms with E-state index in [4.69, 9.17) is 0 Å². The molecule has 0 aliphatic carbocycles. The van der Waals surface area contributed by atoms with Gasteiger partial charge in [0.25, 0.3) is 0 Å². The Bertz CT molecular complexity index is 505. The number of halogens is 1. The van der Waals surface area contributed by atoms with E-state index in [0.29, 0.717) is 12.8 Å². The number of aliphatic hydroxyl groups excluding tert-OH is 1. The van der Waals surface area contributed by atoms with Gasteiger partial charge in [0.15, 0.2) is 0 Å². The lowest BCUT2D eigenvalue weighted by atomic mass is 10.0. The standard InChI is InChI=1S/C16H17IO/c1-12-3-2-4-14(9-12)11-16(18)10-13-5-7-15(17)8-6-13/h2-9,16,18H,10-11H2,1H3. The molecule has 0 aliphatic heterocycles. The smallest absolute Gasteiger partial charge is 0.0620 e. The lowest BCUT2D eigenvalue weighted by Gasteiger charge is -2.11. The molecule has 1 N–H and O–H groups in total. The highest BCUT2D eigenvalue weighted by molar-refractivity contribution is 14.1. The van der Waals surface area contributed by atoms with E-state index in [-0.39, 0.29) is 6.10 Å². The highest BCUT2D eigenvalue weighted by Gasteiger charge is 2.07. The van der Waals surface area contributed by atoms with E-state index in [0.717, 1.165) is 0 Å². The fourth-order valence-electron chi connectivity index (χ4n) is 2.08. The molecule has 0 aliphatic rings. The minimum atomic E-state index is -0.313. The summed E-state index contributed by atoms with van der Waals surface area (Å²) in [5.74, 6) is 0. The molecular formula is C16H17IO. The van der Waals surface area contributed by atoms with Crippen LogP contribution >= 0.6 is 22.6 Å². The summed E-state index contributed by atoms with van der Waals surface area (Å²) in [5.41, 5.74) is 3.64. The van der Waals surface area contributed by atoms with Crippen LogP contribution in [0, 0.1) is 10.5 Å². The Kier molecular flexibility index (Phi) is 4.78. The lowest BCUT2D eigenvalue weighted by Crippen LogP contribution is -2.13. The van der Waals surface area contributed by atoms with Crippen LogP contribution in [0.2, 0.25) is 0 Å². The first-order chi connectivity index (χ1) is 8.63. The van der Waals surface area contributed by atoms with E-state index in [1.807, 2.05) is 6.07 Å². The molecule has 94 valence electrons. The largest absolute Gasteiger partial charge is 0.392 e. The van der Waals surface area contributed by atoms with Gasteiger partial charge in [-0.2, -0.15) is 0 Å². The van der Waals surface area contributed by atoms with Crippen molar-refractivity contribution in [1.82, 2.24) is 0 Å². The quantitative estimate of drug-likeness (QED) is 0.831. The Morgan fingerprint density at radius 2 is 1.67 bits per heavy atom. The number of hydrogen-bond acceptors (Lipinski definition) is 1. The van der Waals surface area contributed by atoms with Crippen molar-refractivity contribution in [1.29, 1.82) is 0 Å². The second kappa shape index (κ2) is 6.34. The zero-order valence-corrected chi connectivity index (χ0v) is 12.6. The van der Waals surface area contributed by atoms with Crippen molar-refractivity contribution >= 4 is 22.6 Å². The molecule has 0 spiro atoms. The van der Waals surface area contributed by atoms with Crippen molar-refractivity contribution < 1.29 is 5.11 Å². The van der Waals surface area contributed by atoms with Crippen LogP contribution in [-0.4, -0.2) is 11.2 Å². The Morgan fingerprint density at radius 1 is 1.00 bits per heavy atom. The summed E-state index contributed by atoms with van der Waals surface area (Å²) in [4.78, 5) is 0. The highest BCUT2D eigenvalue weighted by Crippen LogP contribution is 2.12. The van der Waals surface area contributed by atoms with Crippen molar-refractivity contribution in [2.24, 2.45) is 0 Å². The van der Waals surface area contributed by atoms with E-state index >= 15 is 0 Å². The van der Waals surface area contributed by atoms with Crippen molar-refractivity contribution in [2.45, 2.75) is 25.9 Å². The first-order valence-corrected chi connectivity index (χ1v) is 7.19. The highest BCUT2D eigenvalue weighted by atomic mass is 127. The first kappa shape index (κ1) is 13.6. The van der Waals surface area contributed by atoms with Gasteiger partial charge in [-0.05, 0) is 65.6 Å². The molecule has 1 nitrogen and oxygen atoms in total. The normalized spacial score (nSPS) is 12.4. The SMILES string of the molecule is Cc1cccc(CC(O)Cc2ccc(I)cc2)c1. The average molecular weight is 352 g/mol. The van der Waals surface area contributed by atoms with Gasteiger partial charge in [0.1, 0.15) is 0 Å². The van der Waals surface area contributed by atoms with Crippen LogP contribution in [0.25, 0.3) is 0 Å². The Balaban J connectivity index is 1.96. The first-order valence-electron chi connectivity index (χ1n) is 6.11. The number of hydrogen-bond donors (Lipinski definition) is 1. The van der Waals surface area contributed by atoms with E-state index in [2.05, 4.69) is 72.0 Å². The van der Waals surface area contributed by atoms with Gasteiger partial charge >= 0.3 is 0 Å². The molecule has 0 saturated heterocycles. The summed E-state index contributed by atoms with van der Waals surface area (Å²) in [6, 6.07) is 16.7. The van der Waals surface area contributed by atoms with Crippen LogP contribution in [0.15, 0.2) is 48.5 Å². The molecule has 2 heteroatoms. The maximum atomic E-state index is 10.1. The summed E-state index contributed by atoms with van der Waals surface area (Å²) in [7, 11) is 0. The van der Waals surface area contributed by atoms with Gasteiger partial charge in [0.2, 0.25) is 0 Å². The van der Waals surface area contributed by atoms with Crippen molar-refractivity contribution in [3.8, 4) is 0 Å². The average Bonchev–Trinajstić information content (AvgIpc) is 2.32. The topological polar surface area (TPSA) is 20.2 Å². The van der Waals surface area contributed by atoms with Gasteiger partial charge in [-0.25, -0.2) is 0 Å². The van der Waals surface area contributed by atoms with E-state index in [1.54, 1.807) is 0 Å². The third-order valence-corrected chi connectivity index (χ3v) is 3.66. The molecule has 0 heterocycles. The maximum Gasteiger partial charge on any atom is 0.0620 e. The molecular weight excluding hydrogens is 335 g/mol. The number of aliphatic hydroxyl groups is 1. The van der Waals surface area contributed by atoms with Gasteiger partial charge < -0.3 is 5.11 Å². The summed E-state index contributed by atoms with van der Waals surface area (Å²) < 4.78 is 1.23. The van der Waals surface area contributed by atoms with Crippen molar-refractivity contribution in [2.75, 3.05) is 0 Å². The predicted molar refractivity (Wildman–Crippen MR) is 83.8 cm³/mol. The molecule has 1 unspecified atom stereocenters. The number of benzene rings is 2. The molecule has 1 atom stereocenters. The van der Waals surface area contributed by atoms with Gasteiger partial charge in [-0.1, -0.05) is 42.0 Å². The van der Waals surface area contributed by atoms with E-state index < -0.39 is 0 Å². The molecule has 0 saturated carbocycles. The summed E-state index contributed by atoms with van der Waals surface area (Å²) in [6.45, 7) is 2.08. The van der Waals surface area contributed by atoms with Crippen LogP contribution in [0.5, 0.6) is 0 Å². The van der Waals surface area contributed by atoms with Crippen LogP contribution in [0.4, 0.5) is 0 Å². The van der Waals surface area contributed by atoms with Crippen LogP contribution in [0.3, 0.4) is 0 Å². The van der Waals surface area contributed by atoms with E-state index in [1.165, 1.54) is 20.3 Å². The fourth-order valence-corrected chi connectivity index (χ4v) is 2.44. The maximum absolute atomic E-state index is 10.1. The second-order valence-corrected chi connectivity index (χ2v) is 5.92.